The first-order valence-electron chi connectivity index (χ1n) is 6.47. The number of carbonyl (C=O) groups is 1. The van der Waals surface area contributed by atoms with Gasteiger partial charge in [0.1, 0.15) is 5.41 Å². The van der Waals surface area contributed by atoms with Crippen LogP contribution < -0.4 is 5.32 Å². The van der Waals surface area contributed by atoms with E-state index in [9.17, 15) is 4.79 Å². The first-order valence-corrected chi connectivity index (χ1v) is 6.47. The summed E-state index contributed by atoms with van der Waals surface area (Å²) in [6.07, 6.45) is 5.70. The summed E-state index contributed by atoms with van der Waals surface area (Å²) in [6.45, 7) is 0. The maximum Gasteiger partial charge on any atom is 0.240 e. The van der Waals surface area contributed by atoms with Crippen molar-refractivity contribution >= 4 is 5.91 Å². The molecule has 1 N–H and O–H groups in total. The molecule has 4 fully saturated rings. The molecule has 0 spiro atoms. The van der Waals surface area contributed by atoms with E-state index in [1.807, 2.05) is 0 Å². The largest absolute Gasteiger partial charge is 0.351 e. The fraction of sp³-hybridized carbons (Fsp3) is 0.846. The molecular formula is C13H16N2O. The van der Waals surface area contributed by atoms with Crippen LogP contribution in [0, 0.1) is 40.4 Å². The van der Waals surface area contributed by atoms with Gasteiger partial charge in [0.15, 0.2) is 0 Å². The Kier molecular flexibility index (Phi) is 1.48. The molecule has 0 aromatic carbocycles. The SMILES string of the molecule is N#CC1(C(=O)NC2C3C4CCC(C4)C23)CC1. The smallest absolute Gasteiger partial charge is 0.240 e. The van der Waals surface area contributed by atoms with Crippen molar-refractivity contribution in [1.29, 1.82) is 5.26 Å². The molecule has 4 unspecified atom stereocenters. The monoisotopic (exact) mass is 216 g/mol. The minimum absolute atomic E-state index is 0.0220. The van der Waals surface area contributed by atoms with Crippen molar-refractivity contribution in [2.24, 2.45) is 29.1 Å². The van der Waals surface area contributed by atoms with Crippen LogP contribution in [0.5, 0.6) is 0 Å². The highest BCUT2D eigenvalue weighted by atomic mass is 16.2. The normalized spacial score (nSPS) is 49.3. The van der Waals surface area contributed by atoms with E-state index >= 15 is 0 Å². The molecule has 4 saturated carbocycles. The zero-order valence-electron chi connectivity index (χ0n) is 9.28. The Morgan fingerprint density at radius 1 is 1.25 bits per heavy atom. The maximum atomic E-state index is 11.9. The van der Waals surface area contributed by atoms with Crippen molar-refractivity contribution in [3.63, 3.8) is 0 Å². The molecule has 2 bridgehead atoms. The van der Waals surface area contributed by atoms with Gasteiger partial charge in [-0.3, -0.25) is 4.79 Å². The first-order chi connectivity index (χ1) is 7.75. The van der Waals surface area contributed by atoms with Crippen LogP contribution in [0.3, 0.4) is 0 Å². The number of carbonyl (C=O) groups excluding carboxylic acids is 1. The highest BCUT2D eigenvalue weighted by molar-refractivity contribution is 5.88. The van der Waals surface area contributed by atoms with Crippen molar-refractivity contribution in [3.05, 3.63) is 0 Å². The summed E-state index contributed by atoms with van der Waals surface area (Å²) in [4.78, 5) is 11.9. The van der Waals surface area contributed by atoms with Crippen molar-refractivity contribution < 1.29 is 4.79 Å². The summed E-state index contributed by atoms with van der Waals surface area (Å²) >= 11 is 0. The highest BCUT2D eigenvalue weighted by Gasteiger charge is 2.66. The molecule has 0 aromatic rings. The van der Waals surface area contributed by atoms with Crippen LogP contribution in [0.25, 0.3) is 0 Å². The lowest BCUT2D eigenvalue weighted by Crippen LogP contribution is -2.35. The Morgan fingerprint density at radius 3 is 2.38 bits per heavy atom. The molecule has 4 aliphatic carbocycles. The average Bonchev–Trinajstić information content (AvgIpc) is 3.16. The van der Waals surface area contributed by atoms with E-state index in [0.29, 0.717) is 6.04 Å². The third-order valence-corrected chi connectivity index (χ3v) is 5.43. The second kappa shape index (κ2) is 2.61. The predicted octanol–water partition coefficient (Wildman–Crippen LogP) is 1.45. The Bertz CT molecular complexity index is 391. The summed E-state index contributed by atoms with van der Waals surface area (Å²) < 4.78 is 0. The van der Waals surface area contributed by atoms with Crippen LogP contribution in [0.2, 0.25) is 0 Å². The molecule has 84 valence electrons. The molecule has 0 aliphatic heterocycles. The summed E-state index contributed by atoms with van der Waals surface area (Å²) in [7, 11) is 0. The lowest BCUT2D eigenvalue weighted by Gasteiger charge is -2.12. The summed E-state index contributed by atoms with van der Waals surface area (Å²) in [5.41, 5.74) is -0.629. The van der Waals surface area contributed by atoms with Crippen LogP contribution in [0.1, 0.15) is 32.1 Å². The number of amides is 1. The Hall–Kier alpha value is -1.04. The molecule has 1 amide bonds. The van der Waals surface area contributed by atoms with E-state index in [0.717, 1.165) is 36.5 Å². The van der Waals surface area contributed by atoms with Gasteiger partial charge < -0.3 is 5.32 Å². The van der Waals surface area contributed by atoms with Crippen molar-refractivity contribution in [3.8, 4) is 6.07 Å². The molecule has 4 aliphatic rings. The Balaban J connectivity index is 1.44. The van der Waals surface area contributed by atoms with Crippen LogP contribution in [-0.2, 0) is 4.79 Å². The van der Waals surface area contributed by atoms with E-state index < -0.39 is 5.41 Å². The molecule has 0 heterocycles. The molecule has 4 rings (SSSR count). The molecule has 0 radical (unpaired) electrons. The molecular weight excluding hydrogens is 200 g/mol. The second-order valence-corrected chi connectivity index (χ2v) is 6.18. The predicted molar refractivity (Wildman–Crippen MR) is 57.0 cm³/mol. The van der Waals surface area contributed by atoms with E-state index in [-0.39, 0.29) is 5.91 Å². The number of fused-ring (bicyclic) bond motifs is 5. The van der Waals surface area contributed by atoms with Crippen LogP contribution in [0.15, 0.2) is 0 Å². The molecule has 4 atom stereocenters. The van der Waals surface area contributed by atoms with Crippen LogP contribution >= 0.6 is 0 Å². The highest BCUT2D eigenvalue weighted by Crippen LogP contribution is 2.65. The summed E-state index contributed by atoms with van der Waals surface area (Å²) in [5, 5.41) is 12.1. The van der Waals surface area contributed by atoms with E-state index in [1.165, 1.54) is 19.3 Å². The number of rotatable bonds is 2. The zero-order valence-corrected chi connectivity index (χ0v) is 9.28. The van der Waals surface area contributed by atoms with Crippen molar-refractivity contribution in [2.75, 3.05) is 0 Å². The van der Waals surface area contributed by atoms with Gasteiger partial charge in [-0.25, -0.2) is 0 Å². The minimum atomic E-state index is -0.629. The van der Waals surface area contributed by atoms with Gasteiger partial charge in [-0.15, -0.1) is 0 Å². The van der Waals surface area contributed by atoms with Crippen molar-refractivity contribution in [1.82, 2.24) is 5.32 Å². The minimum Gasteiger partial charge on any atom is -0.351 e. The summed E-state index contributed by atoms with van der Waals surface area (Å²) in [5.74, 6) is 3.35. The number of nitrogens with one attached hydrogen (secondary N) is 1. The van der Waals surface area contributed by atoms with Gasteiger partial charge >= 0.3 is 0 Å². The van der Waals surface area contributed by atoms with E-state index in [4.69, 9.17) is 5.26 Å². The van der Waals surface area contributed by atoms with Gasteiger partial charge in [0.2, 0.25) is 5.91 Å². The van der Waals surface area contributed by atoms with Crippen LogP contribution in [-0.4, -0.2) is 11.9 Å². The lowest BCUT2D eigenvalue weighted by atomic mass is 10.0. The van der Waals surface area contributed by atoms with Gasteiger partial charge in [-0.05, 0) is 55.8 Å². The number of hydrogen-bond acceptors (Lipinski definition) is 2. The topological polar surface area (TPSA) is 52.9 Å². The number of nitriles is 1. The van der Waals surface area contributed by atoms with Crippen LogP contribution in [0.4, 0.5) is 0 Å². The lowest BCUT2D eigenvalue weighted by molar-refractivity contribution is -0.124. The third kappa shape index (κ3) is 0.959. The molecule has 0 saturated heterocycles. The second-order valence-electron chi connectivity index (χ2n) is 6.18. The quantitative estimate of drug-likeness (QED) is 0.759. The number of nitrogens with zero attached hydrogens (tertiary/aromatic N) is 1. The average molecular weight is 216 g/mol. The maximum absolute atomic E-state index is 11.9. The molecule has 3 heteroatoms. The Morgan fingerprint density at radius 2 is 1.88 bits per heavy atom. The molecule has 16 heavy (non-hydrogen) atoms. The van der Waals surface area contributed by atoms with Gasteiger partial charge in [-0.1, -0.05) is 0 Å². The molecule has 0 aromatic heterocycles. The standard InChI is InChI=1S/C13H16N2O/c14-6-13(3-4-13)12(16)15-11-9-7-1-2-8(5-7)10(9)11/h7-11H,1-5H2,(H,15,16). The molecule has 3 nitrogen and oxygen atoms in total. The van der Waals surface area contributed by atoms with Gasteiger partial charge in [0.25, 0.3) is 0 Å². The van der Waals surface area contributed by atoms with Gasteiger partial charge in [0.05, 0.1) is 6.07 Å². The Labute approximate surface area is 95.2 Å². The summed E-state index contributed by atoms with van der Waals surface area (Å²) in [6, 6.07) is 2.61. The fourth-order valence-corrected chi connectivity index (χ4v) is 4.32. The van der Waals surface area contributed by atoms with E-state index in [1.54, 1.807) is 0 Å². The fourth-order valence-electron chi connectivity index (χ4n) is 4.32. The third-order valence-electron chi connectivity index (χ3n) is 5.43. The van der Waals surface area contributed by atoms with E-state index in [2.05, 4.69) is 11.4 Å². The number of hydrogen-bond donors (Lipinski definition) is 1. The van der Waals surface area contributed by atoms with Crippen molar-refractivity contribution in [2.45, 2.75) is 38.1 Å². The zero-order chi connectivity index (χ0) is 10.9. The van der Waals surface area contributed by atoms with Gasteiger partial charge in [-0.2, -0.15) is 5.26 Å². The first kappa shape index (κ1) is 9.04. The van der Waals surface area contributed by atoms with Gasteiger partial charge in [0, 0.05) is 6.04 Å².